The molecule has 2 N–H and O–H groups in total. The number of nitrogens with zero attached hydrogens (tertiary/aromatic N) is 2. The smallest absolute Gasteiger partial charge is 0.356 e. The first-order chi connectivity index (χ1) is 17.0. The quantitative estimate of drug-likeness (QED) is 0.428. The van der Waals surface area contributed by atoms with Crippen LogP contribution in [-0.4, -0.2) is 61.5 Å². The molecule has 9 nitrogen and oxygen atoms in total. The molecule has 1 saturated heterocycles. The van der Waals surface area contributed by atoms with Crippen molar-refractivity contribution in [1.29, 1.82) is 0 Å². The normalized spacial score (nSPS) is 16.3. The van der Waals surface area contributed by atoms with E-state index in [4.69, 9.17) is 14.2 Å². The van der Waals surface area contributed by atoms with E-state index in [1.807, 2.05) is 47.9 Å². The lowest BCUT2D eigenvalue weighted by Crippen LogP contribution is -2.24. The van der Waals surface area contributed by atoms with Crippen LogP contribution in [0.3, 0.4) is 0 Å². The van der Waals surface area contributed by atoms with Gasteiger partial charge in [0.25, 0.3) is 0 Å². The molecule has 4 rings (SSSR count). The van der Waals surface area contributed by atoms with Crippen molar-refractivity contribution < 1.29 is 23.8 Å². The molecule has 2 atom stereocenters. The van der Waals surface area contributed by atoms with Gasteiger partial charge in [0.2, 0.25) is 5.91 Å². The lowest BCUT2D eigenvalue weighted by molar-refractivity contribution is -0.119. The van der Waals surface area contributed by atoms with Crippen LogP contribution in [0.25, 0.3) is 11.0 Å². The van der Waals surface area contributed by atoms with Gasteiger partial charge in [0, 0.05) is 31.7 Å². The number of esters is 1. The molecule has 3 aromatic rings. The van der Waals surface area contributed by atoms with Gasteiger partial charge in [0.15, 0.2) is 5.69 Å². The lowest BCUT2D eigenvalue weighted by Gasteiger charge is -2.14. The number of aromatic nitrogens is 2. The first-order valence-corrected chi connectivity index (χ1v) is 11.8. The highest BCUT2D eigenvalue weighted by molar-refractivity contribution is 6.11. The highest BCUT2D eigenvalue weighted by Crippen LogP contribution is 2.34. The summed E-state index contributed by atoms with van der Waals surface area (Å²) >= 11 is 0. The molecule has 1 aliphatic rings. The molecule has 9 heteroatoms. The number of ether oxygens (including phenoxy) is 3. The van der Waals surface area contributed by atoms with E-state index in [0.29, 0.717) is 55.9 Å². The van der Waals surface area contributed by atoms with E-state index < -0.39 is 5.97 Å². The van der Waals surface area contributed by atoms with Gasteiger partial charge in [-0.15, -0.1) is 0 Å². The zero-order chi connectivity index (χ0) is 24.8. The summed E-state index contributed by atoms with van der Waals surface area (Å²) in [6, 6.07) is 12.0. The van der Waals surface area contributed by atoms with Crippen LogP contribution in [-0.2, 0) is 32.0 Å². The Balaban J connectivity index is 1.78. The van der Waals surface area contributed by atoms with Crippen molar-refractivity contribution in [3.63, 3.8) is 0 Å². The topological polar surface area (TPSA) is 104 Å². The van der Waals surface area contributed by atoms with Gasteiger partial charge in [-0.2, -0.15) is 0 Å². The van der Waals surface area contributed by atoms with Gasteiger partial charge in [0.05, 0.1) is 43.8 Å². The Morgan fingerprint density at radius 2 is 2.06 bits per heavy atom. The fourth-order valence-corrected chi connectivity index (χ4v) is 4.39. The Labute approximate surface area is 204 Å². The predicted molar refractivity (Wildman–Crippen MR) is 134 cm³/mol. The molecule has 1 amide bonds. The molecule has 1 fully saturated rings. The number of amides is 1. The molecule has 35 heavy (non-hydrogen) atoms. The number of methoxy groups -OCH3 is 2. The third kappa shape index (κ3) is 5.63. The van der Waals surface area contributed by atoms with Crippen molar-refractivity contribution in [1.82, 2.24) is 9.55 Å². The molecule has 2 aromatic heterocycles. The predicted octanol–water partition coefficient (Wildman–Crippen LogP) is 3.49. The monoisotopic (exact) mass is 480 g/mol. The maximum atomic E-state index is 13.1. The number of rotatable bonds is 10. The van der Waals surface area contributed by atoms with Crippen LogP contribution in [0.2, 0.25) is 0 Å². The molecule has 0 radical (unpaired) electrons. The van der Waals surface area contributed by atoms with E-state index in [-0.39, 0.29) is 23.6 Å². The minimum Gasteiger partial charge on any atom is -0.464 e. The van der Waals surface area contributed by atoms with Gasteiger partial charge in [0.1, 0.15) is 5.65 Å². The Bertz CT molecular complexity index is 1170. The highest BCUT2D eigenvalue weighted by atomic mass is 16.5. The van der Waals surface area contributed by atoms with Crippen molar-refractivity contribution in [2.75, 3.05) is 44.7 Å². The summed E-state index contributed by atoms with van der Waals surface area (Å²) in [5.74, 6) is -0.976. The van der Waals surface area contributed by atoms with Crippen LogP contribution in [0, 0.1) is 5.92 Å². The third-order valence-corrected chi connectivity index (χ3v) is 6.12. The van der Waals surface area contributed by atoms with Gasteiger partial charge in [-0.25, -0.2) is 9.78 Å². The van der Waals surface area contributed by atoms with Crippen LogP contribution in [0.15, 0.2) is 42.6 Å². The molecule has 1 aromatic carbocycles. The first kappa shape index (κ1) is 24.7. The van der Waals surface area contributed by atoms with Gasteiger partial charge in [-0.1, -0.05) is 30.3 Å². The van der Waals surface area contributed by atoms with Crippen LogP contribution >= 0.6 is 0 Å². The van der Waals surface area contributed by atoms with Crippen LogP contribution in [0.1, 0.15) is 29.4 Å². The molecular weight excluding hydrogens is 448 g/mol. The van der Waals surface area contributed by atoms with E-state index in [2.05, 4.69) is 15.6 Å². The van der Waals surface area contributed by atoms with E-state index >= 15 is 0 Å². The van der Waals surface area contributed by atoms with Crippen molar-refractivity contribution in [2.24, 2.45) is 5.92 Å². The second-order valence-electron chi connectivity index (χ2n) is 8.75. The number of nitrogens with one attached hydrogen (secondary N) is 2. The van der Waals surface area contributed by atoms with E-state index in [0.717, 1.165) is 11.3 Å². The maximum Gasteiger partial charge on any atom is 0.356 e. The molecule has 0 bridgehead atoms. The number of carbonyl (C=O) groups excluding carboxylic acids is 2. The molecule has 0 aliphatic carbocycles. The van der Waals surface area contributed by atoms with Gasteiger partial charge in [-0.05, 0) is 31.4 Å². The Kier molecular flexibility index (Phi) is 7.99. The van der Waals surface area contributed by atoms with Gasteiger partial charge >= 0.3 is 5.97 Å². The fourth-order valence-electron chi connectivity index (χ4n) is 4.39. The molecule has 1 aliphatic heterocycles. The lowest BCUT2D eigenvalue weighted by atomic mass is 10.1. The fraction of sp³-hybridized carbons (Fsp3) is 0.423. The minimum atomic E-state index is -0.531. The second-order valence-corrected chi connectivity index (χ2v) is 8.75. The largest absolute Gasteiger partial charge is 0.464 e. The Hall–Kier alpha value is -3.43. The Morgan fingerprint density at radius 1 is 1.26 bits per heavy atom. The molecule has 0 unspecified atom stereocenters. The van der Waals surface area contributed by atoms with Crippen molar-refractivity contribution in [2.45, 2.75) is 32.4 Å². The maximum absolute atomic E-state index is 13.1. The zero-order valence-corrected chi connectivity index (χ0v) is 20.4. The first-order valence-electron chi connectivity index (χ1n) is 11.8. The SMILES string of the molecule is COC[C@@H](C)Nc1cnc2c(c1)c(NC(=O)[C@H]1CCOC1)c(C(=O)OC)n2CCc1ccccc1. The molecule has 186 valence electrons. The number of hydrogen-bond donors (Lipinski definition) is 2. The second kappa shape index (κ2) is 11.3. The molecule has 0 saturated carbocycles. The van der Waals surface area contributed by atoms with E-state index in [9.17, 15) is 9.59 Å². The average Bonchev–Trinajstić information content (AvgIpc) is 3.50. The number of benzene rings is 1. The Morgan fingerprint density at radius 3 is 2.74 bits per heavy atom. The van der Waals surface area contributed by atoms with Crippen molar-refractivity contribution in [3.8, 4) is 0 Å². The van der Waals surface area contributed by atoms with Crippen molar-refractivity contribution >= 4 is 34.3 Å². The minimum absolute atomic E-state index is 0.0492. The average molecular weight is 481 g/mol. The van der Waals surface area contributed by atoms with Crippen LogP contribution in [0.4, 0.5) is 11.4 Å². The van der Waals surface area contributed by atoms with Crippen molar-refractivity contribution in [3.05, 3.63) is 53.9 Å². The number of hydrogen-bond acceptors (Lipinski definition) is 7. The summed E-state index contributed by atoms with van der Waals surface area (Å²) in [6.45, 7) is 3.93. The number of pyridine rings is 1. The van der Waals surface area contributed by atoms with Gasteiger partial charge < -0.3 is 29.4 Å². The van der Waals surface area contributed by atoms with E-state index in [1.165, 1.54) is 7.11 Å². The zero-order valence-electron chi connectivity index (χ0n) is 20.4. The number of carbonyl (C=O) groups is 2. The summed E-state index contributed by atoms with van der Waals surface area (Å²) in [7, 11) is 2.99. The van der Waals surface area contributed by atoms with E-state index in [1.54, 1.807) is 13.3 Å². The summed E-state index contributed by atoms with van der Waals surface area (Å²) < 4.78 is 17.6. The number of aryl methyl sites for hydroxylation is 2. The summed E-state index contributed by atoms with van der Waals surface area (Å²) in [6.07, 6.45) is 3.06. The summed E-state index contributed by atoms with van der Waals surface area (Å²) in [4.78, 5) is 30.7. The summed E-state index contributed by atoms with van der Waals surface area (Å²) in [5, 5.41) is 7.02. The third-order valence-electron chi connectivity index (χ3n) is 6.12. The number of anilines is 2. The summed E-state index contributed by atoms with van der Waals surface area (Å²) in [5.41, 5.74) is 3.18. The molecular formula is C26H32N4O5. The van der Waals surface area contributed by atoms with Gasteiger partial charge in [-0.3, -0.25) is 4.79 Å². The standard InChI is InChI=1S/C26H32N4O5/c1-17(15-33-2)28-20-13-21-22(29-25(31)19-10-12-35-16-19)23(26(32)34-3)30(24(21)27-14-20)11-9-18-7-5-4-6-8-18/h4-8,13-14,17,19,28H,9-12,15-16H2,1-3H3,(H,29,31)/t17-,19+/m1/s1. The van der Waals surface area contributed by atoms with Crippen LogP contribution < -0.4 is 10.6 Å². The molecule has 0 spiro atoms. The van der Waals surface area contributed by atoms with Crippen LogP contribution in [0.5, 0.6) is 0 Å². The highest BCUT2D eigenvalue weighted by Gasteiger charge is 2.30. The number of fused-ring (bicyclic) bond motifs is 1. The molecule has 3 heterocycles.